The van der Waals surface area contributed by atoms with Crippen molar-refractivity contribution in [2.45, 2.75) is 19.3 Å². The van der Waals surface area contributed by atoms with Crippen LogP contribution in [0.1, 0.15) is 29.4 Å². The van der Waals surface area contributed by atoms with E-state index >= 15 is 0 Å². The van der Waals surface area contributed by atoms with Gasteiger partial charge in [-0.3, -0.25) is 0 Å². The van der Waals surface area contributed by atoms with Crippen LogP contribution in [0.15, 0.2) is 54.1 Å². The Morgan fingerprint density at radius 2 is 1.78 bits per heavy atom. The first kappa shape index (κ1) is 19.7. The van der Waals surface area contributed by atoms with E-state index in [-0.39, 0.29) is 36.5 Å². The Bertz CT molecular complexity index is 1560. The van der Waals surface area contributed by atoms with E-state index in [0.717, 1.165) is 4.44 Å². The molecule has 0 bridgehead atoms. The number of carbonyl (C=O) groups excluding carboxylic acids is 2. The van der Waals surface area contributed by atoms with Gasteiger partial charge in [0.2, 0.25) is 0 Å². The zero-order valence-electron chi connectivity index (χ0n) is 17.7. The number of nitrogens with zero attached hydrogens (tertiary/aromatic N) is 2. The Hall–Kier alpha value is -2.99. The Labute approximate surface area is 196 Å². The van der Waals surface area contributed by atoms with Gasteiger partial charge in [0.25, 0.3) is 0 Å². The van der Waals surface area contributed by atoms with Crippen molar-refractivity contribution in [3.05, 3.63) is 69.7 Å². The fourth-order valence-electron chi connectivity index (χ4n) is 4.85. The van der Waals surface area contributed by atoms with Gasteiger partial charge in [-0.1, -0.05) is 0 Å². The summed E-state index contributed by atoms with van der Waals surface area (Å²) in [5.41, 5.74) is 4.95. The summed E-state index contributed by atoms with van der Waals surface area (Å²) in [5.74, 6) is -0.798. The van der Waals surface area contributed by atoms with Gasteiger partial charge < -0.3 is 0 Å². The number of hydrogen-bond acceptors (Lipinski definition) is 3. The van der Waals surface area contributed by atoms with Crippen LogP contribution in [-0.4, -0.2) is 47.9 Å². The summed E-state index contributed by atoms with van der Waals surface area (Å²) in [7, 11) is 1.58. The molecule has 2 amide bonds. The summed E-state index contributed by atoms with van der Waals surface area (Å²) in [4.78, 5) is 26.5. The van der Waals surface area contributed by atoms with Gasteiger partial charge in [0.15, 0.2) is 0 Å². The van der Waals surface area contributed by atoms with Crippen molar-refractivity contribution in [2.24, 2.45) is 0 Å². The van der Waals surface area contributed by atoms with Crippen LogP contribution in [0.5, 0.6) is 0 Å². The van der Waals surface area contributed by atoms with Gasteiger partial charge >= 0.3 is 196 Å². The average Bonchev–Trinajstić information content (AvgIpc) is 3.34. The Morgan fingerprint density at radius 1 is 1.03 bits per heavy atom. The van der Waals surface area contributed by atoms with Crippen molar-refractivity contribution in [1.29, 1.82) is 0 Å². The number of hydrogen-bond donors (Lipinski definition) is 1. The van der Waals surface area contributed by atoms with Gasteiger partial charge in [0, 0.05) is 0 Å². The molecule has 0 saturated carbocycles. The number of likely N-dealkylation sites (N-methyl/N-ethyl adjacent to an activating group) is 1. The zero-order valence-corrected chi connectivity index (χ0v) is 20.3. The zero-order chi connectivity index (χ0) is 22.4. The van der Waals surface area contributed by atoms with Gasteiger partial charge in [-0.2, -0.15) is 0 Å². The molecule has 158 valence electrons. The molecule has 2 aromatic carbocycles. The van der Waals surface area contributed by atoms with Crippen molar-refractivity contribution < 1.29 is 9.59 Å². The number of aromatic nitrogens is 1. The van der Waals surface area contributed by atoms with Crippen LogP contribution in [0.25, 0.3) is 32.4 Å². The number of thiocarbonyl (C=S) groups is 1. The third-order valence-corrected chi connectivity index (χ3v) is 9.18. The van der Waals surface area contributed by atoms with E-state index in [1.807, 2.05) is 0 Å². The van der Waals surface area contributed by atoms with Crippen LogP contribution in [0.2, 0.25) is 0 Å². The molecule has 6 rings (SSSR count). The molecule has 2 aliphatic rings. The molecule has 0 unspecified atom stereocenters. The van der Waals surface area contributed by atoms with E-state index < -0.39 is 5.91 Å². The van der Waals surface area contributed by atoms with Gasteiger partial charge in [0.05, 0.1) is 0 Å². The standard InChI is InChI=1S/C25H19N3O2SSe/c1-25(2)17-9-6-8-15-14-7-4-5-10-19(14)28(20(15)17)23-18(25)12-13(32-23)11-16-21(29)26-24(31)27(3)22(16)30/h4-12H,1-3H3,(H,26,29,31)/b16-11+. The van der Waals surface area contributed by atoms with Crippen LogP contribution >= 0.6 is 12.2 Å². The minimum absolute atomic E-state index is 0.0566. The molecule has 0 spiro atoms. The molecule has 1 N–H and O–H groups in total. The molecule has 0 radical (unpaired) electrons. The summed E-state index contributed by atoms with van der Waals surface area (Å²) in [6, 6.07) is 17.2. The quantitative estimate of drug-likeness (QED) is 0.186. The Balaban J connectivity index is 1.62. The molecule has 4 heterocycles. The van der Waals surface area contributed by atoms with E-state index in [9.17, 15) is 9.59 Å². The van der Waals surface area contributed by atoms with Crippen LogP contribution < -0.4 is 5.32 Å². The van der Waals surface area contributed by atoms with E-state index in [4.69, 9.17) is 12.2 Å². The molecule has 7 heteroatoms. The van der Waals surface area contributed by atoms with E-state index in [1.165, 1.54) is 42.4 Å². The summed E-state index contributed by atoms with van der Waals surface area (Å²) in [5, 5.41) is 5.25. The third kappa shape index (κ3) is 2.47. The van der Waals surface area contributed by atoms with Crippen LogP contribution in [-0.2, 0) is 15.0 Å². The number of benzene rings is 2. The van der Waals surface area contributed by atoms with Crippen molar-refractivity contribution in [1.82, 2.24) is 14.8 Å². The van der Waals surface area contributed by atoms with E-state index in [1.54, 1.807) is 13.1 Å². The number of carbonyl (C=O) groups is 2. The first-order valence-electron chi connectivity index (χ1n) is 10.3. The van der Waals surface area contributed by atoms with Crippen molar-refractivity contribution in [3.63, 3.8) is 0 Å². The van der Waals surface area contributed by atoms with Gasteiger partial charge in [-0.15, -0.1) is 0 Å². The fourth-order valence-corrected chi connectivity index (χ4v) is 7.72. The van der Waals surface area contributed by atoms with E-state index in [2.05, 4.69) is 72.3 Å². The molecule has 5 nitrogen and oxygen atoms in total. The summed E-state index contributed by atoms with van der Waals surface area (Å²) in [6.45, 7) is 4.51. The van der Waals surface area contributed by atoms with Crippen molar-refractivity contribution in [2.75, 3.05) is 7.05 Å². The minimum atomic E-state index is -0.434. The average molecular weight is 504 g/mol. The number of nitrogens with one attached hydrogen (secondary N) is 1. The molecular weight excluding hydrogens is 485 g/mol. The number of rotatable bonds is 1. The van der Waals surface area contributed by atoms with Crippen LogP contribution in [0.3, 0.4) is 0 Å². The van der Waals surface area contributed by atoms with Gasteiger partial charge in [-0.05, 0) is 0 Å². The summed E-state index contributed by atoms with van der Waals surface area (Å²) >= 11 is 5.01. The van der Waals surface area contributed by atoms with Crippen molar-refractivity contribution >= 4 is 71.5 Å². The SMILES string of the molecule is CN1C(=O)/C(=C/c2cc3c([se]2)-n2c4ccccc4c4cccc(c42)C3(C)C)C(=O)NC1=S. The first-order valence-corrected chi connectivity index (χ1v) is 12.4. The Morgan fingerprint density at radius 3 is 2.59 bits per heavy atom. The molecular formula is C25H19N3O2SSe. The second-order valence-electron chi connectivity index (χ2n) is 8.73. The maximum atomic E-state index is 12.7. The summed E-state index contributed by atoms with van der Waals surface area (Å²) in [6.07, 6.45) is 1.75. The number of fused-ring (bicyclic) bond motifs is 5. The second kappa shape index (κ2) is 6.51. The molecule has 1 saturated heterocycles. The van der Waals surface area contributed by atoms with Crippen LogP contribution in [0.4, 0.5) is 0 Å². The Kier molecular flexibility index (Phi) is 4.01. The molecule has 2 aliphatic heterocycles. The normalized spacial score (nSPS) is 18.5. The summed E-state index contributed by atoms with van der Waals surface area (Å²) < 4.78 is 4.67. The van der Waals surface area contributed by atoms with Gasteiger partial charge in [0.1, 0.15) is 0 Å². The maximum absolute atomic E-state index is 12.7. The predicted molar refractivity (Wildman–Crippen MR) is 131 cm³/mol. The van der Waals surface area contributed by atoms with E-state index in [0.29, 0.717) is 0 Å². The fraction of sp³-hybridized carbons (Fsp3) is 0.160. The van der Waals surface area contributed by atoms with Crippen molar-refractivity contribution in [3.8, 4) is 4.56 Å². The second-order valence-corrected chi connectivity index (χ2v) is 11.3. The number of para-hydroxylation sites is 2. The number of amides is 2. The molecule has 1 fully saturated rings. The molecule has 4 aromatic rings. The monoisotopic (exact) mass is 505 g/mol. The third-order valence-electron chi connectivity index (χ3n) is 6.57. The molecule has 0 atom stereocenters. The first-order chi connectivity index (χ1) is 15.3. The molecule has 2 aromatic heterocycles. The van der Waals surface area contributed by atoms with Gasteiger partial charge in [-0.25, -0.2) is 0 Å². The molecule has 32 heavy (non-hydrogen) atoms. The predicted octanol–water partition coefficient (Wildman–Crippen LogP) is 3.74. The van der Waals surface area contributed by atoms with Crippen LogP contribution in [0, 0.1) is 0 Å². The molecule has 0 aliphatic carbocycles. The topological polar surface area (TPSA) is 54.3 Å².